The quantitative estimate of drug-likeness (QED) is 0.765. The van der Waals surface area contributed by atoms with Crippen molar-refractivity contribution >= 4 is 44.6 Å². The van der Waals surface area contributed by atoms with Crippen LogP contribution >= 0.6 is 22.9 Å². The smallest absolute Gasteiger partial charge is 0.291 e. The van der Waals surface area contributed by atoms with Crippen molar-refractivity contribution in [2.24, 2.45) is 0 Å². The Balaban J connectivity index is 1.83. The van der Waals surface area contributed by atoms with Gasteiger partial charge in [0.25, 0.3) is 5.91 Å². The summed E-state index contributed by atoms with van der Waals surface area (Å²) in [4.78, 5) is 19.1. The summed E-state index contributed by atoms with van der Waals surface area (Å²) in [5.74, 6) is -0.0550. The number of rotatable bonds is 3. The van der Waals surface area contributed by atoms with E-state index in [0.717, 1.165) is 16.1 Å². The Bertz CT molecular complexity index is 778. The Kier molecular flexibility index (Phi) is 3.46. The minimum Gasteiger partial charge on any atom is -0.336 e. The molecule has 0 radical (unpaired) electrons. The van der Waals surface area contributed by atoms with Crippen LogP contribution in [0.3, 0.4) is 0 Å². The van der Waals surface area contributed by atoms with Crippen molar-refractivity contribution in [1.82, 2.24) is 9.97 Å². The second-order valence-electron chi connectivity index (χ2n) is 4.34. The van der Waals surface area contributed by atoms with Crippen LogP contribution < -0.4 is 5.32 Å². The number of aromatic amines is 1. The average Bonchev–Trinajstić information content (AvgIpc) is 3.04. The highest BCUT2D eigenvalue weighted by Crippen LogP contribution is 2.24. The molecule has 102 valence electrons. The molecule has 4 nitrogen and oxygen atoms in total. The van der Waals surface area contributed by atoms with E-state index in [1.54, 1.807) is 11.3 Å². The number of halogens is 1. The molecule has 0 saturated heterocycles. The van der Waals surface area contributed by atoms with Gasteiger partial charge in [-0.2, -0.15) is 0 Å². The predicted molar refractivity (Wildman–Crippen MR) is 82.8 cm³/mol. The van der Waals surface area contributed by atoms with Crippen LogP contribution in [0.15, 0.2) is 29.6 Å². The third-order valence-electron chi connectivity index (χ3n) is 3.01. The first-order chi connectivity index (χ1) is 9.67. The minimum atomic E-state index is -0.289. The molecule has 0 bridgehead atoms. The molecule has 2 N–H and O–H groups in total. The molecule has 3 rings (SSSR count). The topological polar surface area (TPSA) is 57.8 Å². The van der Waals surface area contributed by atoms with Gasteiger partial charge in [0.1, 0.15) is 0 Å². The number of thiophene rings is 1. The first-order valence-corrected chi connectivity index (χ1v) is 7.46. The lowest BCUT2D eigenvalue weighted by atomic mass is 10.2. The molecule has 0 spiro atoms. The number of carbonyl (C=O) groups excluding carboxylic acids is 1. The maximum atomic E-state index is 12.1. The molecule has 3 aromatic rings. The normalized spacial score (nSPS) is 10.9. The van der Waals surface area contributed by atoms with Crippen molar-refractivity contribution in [2.75, 3.05) is 5.32 Å². The number of nitrogens with zero attached hydrogens (tertiary/aromatic N) is 1. The fraction of sp³-hybridized carbons (Fsp3) is 0.143. The summed E-state index contributed by atoms with van der Waals surface area (Å²) in [5.41, 5.74) is 1.51. The lowest BCUT2D eigenvalue weighted by molar-refractivity contribution is 0.101. The molecule has 1 amide bonds. The summed E-state index contributed by atoms with van der Waals surface area (Å²) in [6.45, 7) is 1.95. The van der Waals surface area contributed by atoms with Gasteiger partial charge >= 0.3 is 0 Å². The number of imidazole rings is 1. The number of hydrogen-bond acceptors (Lipinski definition) is 3. The maximum Gasteiger partial charge on any atom is 0.291 e. The summed E-state index contributed by atoms with van der Waals surface area (Å²) in [7, 11) is 0. The van der Waals surface area contributed by atoms with Gasteiger partial charge < -0.3 is 10.3 Å². The number of nitrogens with one attached hydrogen (secondary N) is 2. The van der Waals surface area contributed by atoms with Gasteiger partial charge in [-0.1, -0.05) is 24.6 Å². The Morgan fingerprint density at radius 2 is 2.30 bits per heavy atom. The van der Waals surface area contributed by atoms with Crippen LogP contribution in [0, 0.1) is 0 Å². The van der Waals surface area contributed by atoms with E-state index in [9.17, 15) is 4.79 Å². The van der Waals surface area contributed by atoms with E-state index in [0.29, 0.717) is 11.6 Å². The summed E-state index contributed by atoms with van der Waals surface area (Å²) in [6.07, 6.45) is 0.709. The number of anilines is 1. The fourth-order valence-corrected chi connectivity index (χ4v) is 3.05. The van der Waals surface area contributed by atoms with Gasteiger partial charge in [-0.25, -0.2) is 4.98 Å². The Morgan fingerprint density at radius 3 is 3.05 bits per heavy atom. The largest absolute Gasteiger partial charge is 0.336 e. The van der Waals surface area contributed by atoms with Crippen molar-refractivity contribution in [3.05, 3.63) is 46.3 Å². The summed E-state index contributed by atoms with van der Waals surface area (Å²) in [6, 6.07) is 7.85. The molecule has 2 aromatic heterocycles. The van der Waals surface area contributed by atoms with Crippen molar-refractivity contribution < 1.29 is 4.79 Å². The first kappa shape index (κ1) is 13.1. The van der Waals surface area contributed by atoms with Crippen LogP contribution in [-0.4, -0.2) is 15.9 Å². The Hall–Kier alpha value is -1.85. The summed E-state index contributed by atoms with van der Waals surface area (Å²) < 4.78 is 1.13. The zero-order chi connectivity index (χ0) is 14.1. The van der Waals surface area contributed by atoms with Crippen molar-refractivity contribution in [3.63, 3.8) is 0 Å². The van der Waals surface area contributed by atoms with E-state index in [1.165, 1.54) is 5.39 Å². The van der Waals surface area contributed by atoms with Gasteiger partial charge in [0.15, 0.2) is 11.0 Å². The van der Waals surface area contributed by atoms with E-state index in [4.69, 9.17) is 11.6 Å². The molecule has 0 saturated carbocycles. The van der Waals surface area contributed by atoms with Crippen molar-refractivity contribution in [1.29, 1.82) is 0 Å². The predicted octanol–water partition coefficient (Wildman–Crippen LogP) is 4.09. The zero-order valence-electron chi connectivity index (χ0n) is 10.7. The Morgan fingerprint density at radius 1 is 1.45 bits per heavy atom. The molecule has 0 fully saturated rings. The number of aryl methyl sites for hydroxylation is 1. The molecule has 0 unspecified atom stereocenters. The highest BCUT2D eigenvalue weighted by atomic mass is 35.5. The van der Waals surface area contributed by atoms with Gasteiger partial charge in [-0.05, 0) is 35.4 Å². The molecular weight excluding hydrogens is 294 g/mol. The van der Waals surface area contributed by atoms with E-state index in [-0.39, 0.29) is 11.7 Å². The second-order valence-corrected chi connectivity index (χ2v) is 5.64. The molecule has 0 aliphatic carbocycles. The van der Waals surface area contributed by atoms with Crippen molar-refractivity contribution in [3.8, 4) is 0 Å². The first-order valence-electron chi connectivity index (χ1n) is 6.20. The van der Waals surface area contributed by atoms with Crippen LogP contribution in [0.25, 0.3) is 10.1 Å². The molecule has 0 aliphatic rings. The minimum absolute atomic E-state index is 0.234. The number of carbonyl (C=O) groups is 1. The van der Waals surface area contributed by atoms with E-state index in [1.807, 2.05) is 36.6 Å². The van der Waals surface area contributed by atoms with Gasteiger partial charge in [0, 0.05) is 10.4 Å². The average molecular weight is 306 g/mol. The summed E-state index contributed by atoms with van der Waals surface area (Å²) >= 11 is 7.57. The van der Waals surface area contributed by atoms with E-state index >= 15 is 0 Å². The molecule has 20 heavy (non-hydrogen) atoms. The zero-order valence-corrected chi connectivity index (χ0v) is 12.3. The monoisotopic (exact) mass is 305 g/mol. The molecule has 0 atom stereocenters. The van der Waals surface area contributed by atoms with Crippen LogP contribution in [0.4, 0.5) is 5.69 Å². The maximum absolute atomic E-state index is 12.1. The van der Waals surface area contributed by atoms with Crippen LogP contribution in [0.1, 0.15) is 23.2 Å². The van der Waals surface area contributed by atoms with Gasteiger partial charge in [-0.3, -0.25) is 4.79 Å². The van der Waals surface area contributed by atoms with Crippen LogP contribution in [0.2, 0.25) is 5.15 Å². The number of H-pyrrole nitrogens is 1. The van der Waals surface area contributed by atoms with E-state index in [2.05, 4.69) is 15.3 Å². The Labute approximate surface area is 124 Å². The molecule has 6 heteroatoms. The number of hydrogen-bond donors (Lipinski definition) is 2. The number of fused-ring (bicyclic) bond motifs is 1. The number of aromatic nitrogens is 2. The highest BCUT2D eigenvalue weighted by Gasteiger charge is 2.14. The number of amides is 1. The molecular formula is C14H12ClN3OS. The molecule has 0 aliphatic heterocycles. The van der Waals surface area contributed by atoms with Gasteiger partial charge in [0.05, 0.1) is 5.69 Å². The van der Waals surface area contributed by atoms with Crippen LogP contribution in [0.5, 0.6) is 0 Å². The van der Waals surface area contributed by atoms with Gasteiger partial charge in [-0.15, -0.1) is 11.3 Å². The van der Waals surface area contributed by atoms with Crippen molar-refractivity contribution in [2.45, 2.75) is 13.3 Å². The third-order valence-corrected chi connectivity index (χ3v) is 4.20. The van der Waals surface area contributed by atoms with E-state index < -0.39 is 0 Å². The fourth-order valence-electron chi connectivity index (χ4n) is 1.95. The summed E-state index contributed by atoms with van der Waals surface area (Å²) in [5, 5.41) is 6.37. The standard InChI is InChI=1S/C14H12ClN3OS/c1-2-10-12(15)18-13(17-10)14(19)16-9-4-3-8-5-6-20-11(8)7-9/h3-7H,2H2,1H3,(H,16,19)(H,17,18). The van der Waals surface area contributed by atoms with Gasteiger partial charge in [0.2, 0.25) is 0 Å². The lowest BCUT2D eigenvalue weighted by Gasteiger charge is -2.03. The lowest BCUT2D eigenvalue weighted by Crippen LogP contribution is -2.13. The second kappa shape index (κ2) is 5.26. The third kappa shape index (κ3) is 2.42. The number of benzene rings is 1. The molecule has 2 heterocycles. The van der Waals surface area contributed by atoms with Crippen LogP contribution in [-0.2, 0) is 6.42 Å². The highest BCUT2D eigenvalue weighted by molar-refractivity contribution is 7.17. The molecule has 1 aromatic carbocycles. The SMILES string of the molecule is CCc1[nH]c(C(=O)Nc2ccc3ccsc3c2)nc1Cl.